The molecule has 0 bridgehead atoms. The fourth-order valence-electron chi connectivity index (χ4n) is 1.86. The maximum Gasteiger partial charge on any atom is 0.416 e. The number of hydrogen-bond donors (Lipinski definition) is 1. The Balaban J connectivity index is 2.28. The Labute approximate surface area is 151 Å². The van der Waals surface area contributed by atoms with Gasteiger partial charge in [-0.15, -0.1) is 0 Å². The van der Waals surface area contributed by atoms with E-state index in [9.17, 15) is 18.0 Å². The average molecular weight is 385 g/mol. The zero-order valence-electron chi connectivity index (χ0n) is 12.4. The van der Waals surface area contributed by atoms with Crippen LogP contribution in [0.2, 0.25) is 10.0 Å². The van der Waals surface area contributed by atoms with Gasteiger partial charge in [0, 0.05) is 5.02 Å². The minimum atomic E-state index is -4.58. The summed E-state index contributed by atoms with van der Waals surface area (Å²) < 4.78 is 38.3. The lowest BCUT2D eigenvalue weighted by atomic mass is 10.1. The van der Waals surface area contributed by atoms with Gasteiger partial charge >= 0.3 is 6.18 Å². The number of benzene rings is 2. The van der Waals surface area contributed by atoms with Gasteiger partial charge in [-0.25, -0.2) is 0 Å². The molecule has 0 spiro atoms. The van der Waals surface area contributed by atoms with Crippen LogP contribution in [0, 0.1) is 11.3 Å². The van der Waals surface area contributed by atoms with Crippen LogP contribution in [-0.2, 0) is 11.0 Å². The van der Waals surface area contributed by atoms with Crippen LogP contribution < -0.4 is 5.32 Å². The van der Waals surface area contributed by atoms with E-state index in [0.717, 1.165) is 12.1 Å². The number of hydrogen-bond acceptors (Lipinski definition) is 2. The Hall–Kier alpha value is -2.49. The van der Waals surface area contributed by atoms with Gasteiger partial charge in [0.2, 0.25) is 0 Å². The molecule has 0 aliphatic heterocycles. The minimum absolute atomic E-state index is 0.0786. The van der Waals surface area contributed by atoms with Crippen molar-refractivity contribution >= 4 is 40.9 Å². The molecule has 1 amide bonds. The second-order valence-corrected chi connectivity index (χ2v) is 5.71. The summed E-state index contributed by atoms with van der Waals surface area (Å²) in [4.78, 5) is 12.2. The second-order valence-electron chi connectivity index (χ2n) is 4.87. The smallest absolute Gasteiger partial charge is 0.320 e. The van der Waals surface area contributed by atoms with Gasteiger partial charge in [-0.2, -0.15) is 18.4 Å². The third-order valence-corrected chi connectivity index (χ3v) is 3.67. The number of anilines is 1. The lowest BCUT2D eigenvalue weighted by molar-refractivity contribution is -0.137. The first-order chi connectivity index (χ1) is 11.7. The van der Waals surface area contributed by atoms with Crippen LogP contribution in [0.4, 0.5) is 18.9 Å². The Morgan fingerprint density at radius 3 is 2.32 bits per heavy atom. The SMILES string of the molecule is N#C/C(=C\c1ccc(Cl)cc1)C(=O)Nc1cc(C(F)(F)F)ccc1Cl. The highest BCUT2D eigenvalue weighted by Gasteiger charge is 2.31. The molecule has 0 fully saturated rings. The Morgan fingerprint density at radius 2 is 1.76 bits per heavy atom. The monoisotopic (exact) mass is 384 g/mol. The van der Waals surface area contributed by atoms with E-state index in [1.54, 1.807) is 30.3 Å². The van der Waals surface area contributed by atoms with Gasteiger partial charge in [0.25, 0.3) is 5.91 Å². The average Bonchev–Trinajstić information content (AvgIpc) is 2.55. The molecule has 0 aromatic heterocycles. The third kappa shape index (κ3) is 4.99. The van der Waals surface area contributed by atoms with Gasteiger partial charge in [-0.1, -0.05) is 35.3 Å². The molecule has 0 saturated carbocycles. The molecule has 128 valence electrons. The summed E-state index contributed by atoms with van der Waals surface area (Å²) >= 11 is 11.6. The van der Waals surface area contributed by atoms with Crippen LogP contribution in [0.3, 0.4) is 0 Å². The fourth-order valence-corrected chi connectivity index (χ4v) is 2.15. The van der Waals surface area contributed by atoms with Crippen LogP contribution in [0.1, 0.15) is 11.1 Å². The summed E-state index contributed by atoms with van der Waals surface area (Å²) in [7, 11) is 0. The molecular formula is C17H9Cl2F3N2O. The van der Waals surface area contributed by atoms with Crippen molar-refractivity contribution in [1.29, 1.82) is 5.26 Å². The Morgan fingerprint density at radius 1 is 1.12 bits per heavy atom. The maximum atomic E-state index is 12.8. The van der Waals surface area contributed by atoms with Gasteiger partial charge < -0.3 is 5.32 Å². The Bertz CT molecular complexity index is 869. The Kier molecular flexibility index (Phi) is 5.73. The van der Waals surface area contributed by atoms with Crippen molar-refractivity contribution in [3.05, 3.63) is 69.2 Å². The molecule has 0 unspecified atom stereocenters. The van der Waals surface area contributed by atoms with Crippen molar-refractivity contribution in [2.45, 2.75) is 6.18 Å². The van der Waals surface area contributed by atoms with Gasteiger partial charge in [-0.05, 0) is 42.0 Å². The van der Waals surface area contributed by atoms with Crippen LogP contribution in [-0.4, -0.2) is 5.91 Å². The maximum absolute atomic E-state index is 12.8. The normalized spacial score (nSPS) is 11.8. The molecule has 1 N–H and O–H groups in total. The van der Waals surface area contributed by atoms with E-state index in [-0.39, 0.29) is 16.3 Å². The molecule has 0 heterocycles. The number of halogens is 5. The van der Waals surface area contributed by atoms with Gasteiger partial charge in [0.15, 0.2) is 0 Å². The molecule has 0 atom stereocenters. The van der Waals surface area contributed by atoms with Crippen LogP contribution in [0.15, 0.2) is 48.0 Å². The zero-order valence-corrected chi connectivity index (χ0v) is 13.9. The van der Waals surface area contributed by atoms with Crippen molar-refractivity contribution < 1.29 is 18.0 Å². The number of rotatable bonds is 3. The highest BCUT2D eigenvalue weighted by atomic mass is 35.5. The van der Waals surface area contributed by atoms with Crippen LogP contribution in [0.5, 0.6) is 0 Å². The molecule has 2 aromatic carbocycles. The first kappa shape index (κ1) is 18.8. The summed E-state index contributed by atoms with van der Waals surface area (Å²) in [5, 5.41) is 11.7. The quantitative estimate of drug-likeness (QED) is 0.556. The molecule has 2 aromatic rings. The van der Waals surface area contributed by atoms with Crippen LogP contribution in [0.25, 0.3) is 6.08 Å². The standard InChI is InChI=1S/C17H9Cl2F3N2O/c18-13-4-1-10(2-5-13)7-11(9-23)16(25)24-15-8-12(17(20,21)22)3-6-14(15)19/h1-8H,(H,24,25)/b11-7+. The number of nitrogens with one attached hydrogen (secondary N) is 1. The second kappa shape index (κ2) is 7.60. The van der Waals surface area contributed by atoms with E-state index in [4.69, 9.17) is 28.5 Å². The van der Waals surface area contributed by atoms with Gasteiger partial charge in [0.05, 0.1) is 16.3 Å². The minimum Gasteiger partial charge on any atom is -0.320 e. The summed E-state index contributed by atoms with van der Waals surface area (Å²) in [5.74, 6) is -0.876. The number of nitrogens with zero attached hydrogens (tertiary/aromatic N) is 1. The molecule has 0 saturated heterocycles. The highest BCUT2D eigenvalue weighted by molar-refractivity contribution is 6.34. The fraction of sp³-hybridized carbons (Fsp3) is 0.0588. The predicted molar refractivity (Wildman–Crippen MR) is 90.1 cm³/mol. The summed E-state index contributed by atoms with van der Waals surface area (Å²) in [5.41, 5.74) is -0.965. The largest absolute Gasteiger partial charge is 0.416 e. The summed E-state index contributed by atoms with van der Waals surface area (Å²) in [6, 6.07) is 10.5. The first-order valence-corrected chi connectivity index (χ1v) is 7.52. The van der Waals surface area contributed by atoms with E-state index >= 15 is 0 Å². The molecule has 25 heavy (non-hydrogen) atoms. The molecular weight excluding hydrogens is 376 g/mol. The number of amides is 1. The van der Waals surface area contributed by atoms with Crippen molar-refractivity contribution in [2.75, 3.05) is 5.32 Å². The highest BCUT2D eigenvalue weighted by Crippen LogP contribution is 2.34. The van der Waals surface area contributed by atoms with E-state index < -0.39 is 17.6 Å². The predicted octanol–water partition coefficient (Wildman–Crippen LogP) is 5.56. The van der Waals surface area contributed by atoms with E-state index in [1.807, 2.05) is 0 Å². The van der Waals surface area contributed by atoms with Crippen molar-refractivity contribution in [3.8, 4) is 6.07 Å². The zero-order chi connectivity index (χ0) is 18.6. The van der Waals surface area contributed by atoms with E-state index in [0.29, 0.717) is 16.7 Å². The first-order valence-electron chi connectivity index (χ1n) is 6.76. The molecule has 0 aliphatic carbocycles. The number of carbonyl (C=O) groups is 1. The molecule has 0 radical (unpaired) electrons. The topological polar surface area (TPSA) is 52.9 Å². The lowest BCUT2D eigenvalue weighted by Gasteiger charge is -2.11. The van der Waals surface area contributed by atoms with Crippen molar-refractivity contribution in [2.24, 2.45) is 0 Å². The molecule has 3 nitrogen and oxygen atoms in total. The van der Waals surface area contributed by atoms with Crippen molar-refractivity contribution in [1.82, 2.24) is 0 Å². The van der Waals surface area contributed by atoms with E-state index in [1.165, 1.54) is 6.08 Å². The number of alkyl halides is 3. The molecule has 0 aliphatic rings. The van der Waals surface area contributed by atoms with E-state index in [2.05, 4.69) is 5.32 Å². The van der Waals surface area contributed by atoms with Crippen LogP contribution >= 0.6 is 23.2 Å². The third-order valence-electron chi connectivity index (χ3n) is 3.09. The van der Waals surface area contributed by atoms with Gasteiger partial charge in [0.1, 0.15) is 11.6 Å². The number of carbonyl (C=O) groups excluding carboxylic acids is 1. The number of nitriles is 1. The summed E-state index contributed by atoms with van der Waals surface area (Å²) in [6.07, 6.45) is -3.30. The van der Waals surface area contributed by atoms with Gasteiger partial charge in [-0.3, -0.25) is 4.79 Å². The summed E-state index contributed by atoms with van der Waals surface area (Å²) in [6.45, 7) is 0. The molecule has 2 rings (SSSR count). The van der Waals surface area contributed by atoms with Crippen molar-refractivity contribution in [3.63, 3.8) is 0 Å². The molecule has 8 heteroatoms. The lowest BCUT2D eigenvalue weighted by Crippen LogP contribution is -2.15.